The minimum Gasteiger partial charge on any atom is -0.482 e. The molecule has 0 bridgehead atoms. The van der Waals surface area contributed by atoms with Crippen molar-refractivity contribution in [3.63, 3.8) is 0 Å². The van der Waals surface area contributed by atoms with Gasteiger partial charge in [-0.2, -0.15) is 0 Å². The maximum atomic E-state index is 12.2. The Morgan fingerprint density at radius 3 is 2.77 bits per heavy atom. The molecule has 26 heavy (non-hydrogen) atoms. The summed E-state index contributed by atoms with van der Waals surface area (Å²) in [6, 6.07) is 8.58. The van der Waals surface area contributed by atoms with E-state index in [4.69, 9.17) is 37.1 Å². The van der Waals surface area contributed by atoms with Gasteiger partial charge in [0.1, 0.15) is 11.5 Å². The van der Waals surface area contributed by atoms with Gasteiger partial charge in [0.25, 0.3) is 5.91 Å². The van der Waals surface area contributed by atoms with Crippen molar-refractivity contribution in [2.75, 3.05) is 39.5 Å². The van der Waals surface area contributed by atoms with Gasteiger partial charge in [-0.3, -0.25) is 9.69 Å². The van der Waals surface area contributed by atoms with Crippen LogP contribution in [0.4, 0.5) is 0 Å². The van der Waals surface area contributed by atoms with E-state index in [1.165, 1.54) is 0 Å². The summed E-state index contributed by atoms with van der Waals surface area (Å²) in [5.74, 6) is 0.997. The molecule has 1 atom stereocenters. The van der Waals surface area contributed by atoms with Crippen molar-refractivity contribution in [3.8, 4) is 5.75 Å². The van der Waals surface area contributed by atoms with Crippen LogP contribution < -0.4 is 10.1 Å². The molecule has 3 rings (SSSR count). The van der Waals surface area contributed by atoms with Gasteiger partial charge in [0, 0.05) is 24.7 Å². The Morgan fingerprint density at radius 1 is 1.27 bits per heavy atom. The molecule has 0 aliphatic carbocycles. The average Bonchev–Trinajstić information content (AvgIpc) is 3.16. The van der Waals surface area contributed by atoms with Crippen LogP contribution in [0.1, 0.15) is 11.8 Å². The van der Waals surface area contributed by atoms with E-state index in [0.717, 1.165) is 18.8 Å². The van der Waals surface area contributed by atoms with Gasteiger partial charge in [-0.15, -0.1) is 0 Å². The van der Waals surface area contributed by atoms with Gasteiger partial charge in [0.05, 0.1) is 30.5 Å². The predicted molar refractivity (Wildman–Crippen MR) is 98.8 cm³/mol. The highest BCUT2D eigenvalue weighted by Crippen LogP contribution is 2.27. The highest BCUT2D eigenvalue weighted by molar-refractivity contribution is 6.35. The molecule has 1 aromatic carbocycles. The van der Waals surface area contributed by atoms with E-state index in [1.807, 2.05) is 12.1 Å². The molecule has 6 nitrogen and oxygen atoms in total. The molecule has 1 saturated heterocycles. The van der Waals surface area contributed by atoms with E-state index in [0.29, 0.717) is 35.6 Å². The summed E-state index contributed by atoms with van der Waals surface area (Å²) in [6.45, 7) is 3.21. The predicted octanol–water partition coefficient (Wildman–Crippen LogP) is 3.15. The lowest BCUT2D eigenvalue weighted by atomic mass is 10.1. The topological polar surface area (TPSA) is 63.9 Å². The van der Waals surface area contributed by atoms with E-state index in [-0.39, 0.29) is 18.6 Å². The molecule has 8 heteroatoms. The highest BCUT2D eigenvalue weighted by atomic mass is 35.5. The fraction of sp³-hybridized carbons (Fsp3) is 0.389. The lowest BCUT2D eigenvalue weighted by Gasteiger charge is -2.33. The first-order valence-corrected chi connectivity index (χ1v) is 9.09. The van der Waals surface area contributed by atoms with Crippen LogP contribution in [0.5, 0.6) is 5.75 Å². The quantitative estimate of drug-likeness (QED) is 0.775. The van der Waals surface area contributed by atoms with Crippen molar-refractivity contribution in [2.24, 2.45) is 0 Å². The van der Waals surface area contributed by atoms with Crippen LogP contribution in [-0.2, 0) is 9.53 Å². The van der Waals surface area contributed by atoms with Crippen molar-refractivity contribution in [1.29, 1.82) is 0 Å². The molecule has 1 aliphatic rings. The number of carbonyl (C=O) groups is 1. The van der Waals surface area contributed by atoms with Crippen molar-refractivity contribution >= 4 is 29.1 Å². The molecule has 1 fully saturated rings. The number of carbonyl (C=O) groups excluding carboxylic acids is 1. The maximum absolute atomic E-state index is 12.2. The fourth-order valence-corrected chi connectivity index (χ4v) is 3.24. The number of hydrogen-bond donors (Lipinski definition) is 1. The number of halogens is 2. The average molecular weight is 399 g/mol. The number of furan rings is 1. The third kappa shape index (κ3) is 5.14. The number of benzene rings is 1. The Balaban J connectivity index is 1.53. The number of nitrogens with zero attached hydrogens (tertiary/aromatic N) is 1. The van der Waals surface area contributed by atoms with Gasteiger partial charge >= 0.3 is 0 Å². The second-order valence-electron chi connectivity index (χ2n) is 5.85. The van der Waals surface area contributed by atoms with Crippen molar-refractivity contribution in [3.05, 3.63) is 52.4 Å². The molecule has 1 N–H and O–H groups in total. The second kappa shape index (κ2) is 9.28. The van der Waals surface area contributed by atoms with Gasteiger partial charge in [0.2, 0.25) is 0 Å². The third-order valence-electron chi connectivity index (χ3n) is 4.10. The third-order valence-corrected chi connectivity index (χ3v) is 4.63. The Labute approximate surface area is 162 Å². The van der Waals surface area contributed by atoms with Crippen LogP contribution >= 0.6 is 23.2 Å². The zero-order valence-electron chi connectivity index (χ0n) is 14.1. The Morgan fingerprint density at radius 2 is 2.08 bits per heavy atom. The number of rotatable bonds is 7. The first-order chi connectivity index (χ1) is 12.6. The van der Waals surface area contributed by atoms with Gasteiger partial charge in [-0.25, -0.2) is 0 Å². The summed E-state index contributed by atoms with van der Waals surface area (Å²) in [6.07, 6.45) is 1.64. The molecular formula is C18H20Cl2N2O4. The van der Waals surface area contributed by atoms with E-state index in [9.17, 15) is 4.79 Å². The van der Waals surface area contributed by atoms with Crippen molar-refractivity contribution in [1.82, 2.24) is 10.2 Å². The minimum atomic E-state index is -0.235. The van der Waals surface area contributed by atoms with E-state index >= 15 is 0 Å². The number of ether oxygens (including phenoxy) is 2. The van der Waals surface area contributed by atoms with Crippen LogP contribution in [0.25, 0.3) is 0 Å². The molecular weight excluding hydrogens is 379 g/mol. The molecule has 0 radical (unpaired) electrons. The molecule has 1 amide bonds. The molecule has 2 aromatic rings. The highest BCUT2D eigenvalue weighted by Gasteiger charge is 2.25. The van der Waals surface area contributed by atoms with Crippen LogP contribution in [0.2, 0.25) is 10.0 Å². The second-order valence-corrected chi connectivity index (χ2v) is 6.69. The number of morpholine rings is 1. The molecule has 2 heterocycles. The Kier molecular flexibility index (Phi) is 6.80. The van der Waals surface area contributed by atoms with Crippen LogP contribution in [0.3, 0.4) is 0 Å². The number of amides is 1. The summed E-state index contributed by atoms with van der Waals surface area (Å²) in [4.78, 5) is 14.4. The summed E-state index contributed by atoms with van der Waals surface area (Å²) in [5.41, 5.74) is 0. The van der Waals surface area contributed by atoms with Crippen LogP contribution in [-0.4, -0.2) is 50.3 Å². The minimum absolute atomic E-state index is 0.0445. The smallest absolute Gasteiger partial charge is 0.258 e. The zero-order valence-corrected chi connectivity index (χ0v) is 15.6. The first kappa shape index (κ1) is 19.0. The number of nitrogens with one attached hydrogen (secondary N) is 1. The standard InChI is InChI=1S/C18H20Cl2N2O4/c19-13-3-4-16(14(20)10-13)26-12-18(23)21-11-15(17-2-1-7-25-17)22-5-8-24-9-6-22/h1-4,7,10,15H,5-6,8-9,11-12H2,(H,21,23)/t15-/m1/s1. The summed E-state index contributed by atoms with van der Waals surface area (Å²) in [7, 11) is 0. The molecule has 140 valence electrons. The Bertz CT molecular complexity index is 718. The SMILES string of the molecule is O=C(COc1ccc(Cl)cc1Cl)NC[C@H](c1ccco1)N1CCOCC1. The lowest BCUT2D eigenvalue weighted by Crippen LogP contribution is -2.44. The van der Waals surface area contributed by atoms with Gasteiger partial charge in [-0.05, 0) is 30.3 Å². The monoisotopic (exact) mass is 398 g/mol. The largest absolute Gasteiger partial charge is 0.482 e. The summed E-state index contributed by atoms with van der Waals surface area (Å²) >= 11 is 11.9. The summed E-state index contributed by atoms with van der Waals surface area (Å²) < 4.78 is 16.4. The molecule has 0 saturated carbocycles. The number of hydrogen-bond acceptors (Lipinski definition) is 5. The van der Waals surface area contributed by atoms with E-state index in [1.54, 1.807) is 24.5 Å². The van der Waals surface area contributed by atoms with Crippen molar-refractivity contribution < 1.29 is 18.7 Å². The first-order valence-electron chi connectivity index (χ1n) is 8.33. The van der Waals surface area contributed by atoms with Gasteiger partial charge in [0.15, 0.2) is 6.61 Å². The van der Waals surface area contributed by atoms with Gasteiger partial charge < -0.3 is 19.2 Å². The maximum Gasteiger partial charge on any atom is 0.258 e. The van der Waals surface area contributed by atoms with Crippen LogP contribution in [0, 0.1) is 0 Å². The molecule has 0 spiro atoms. The summed E-state index contributed by atoms with van der Waals surface area (Å²) in [5, 5.41) is 3.77. The zero-order chi connectivity index (χ0) is 18.4. The Hall–Kier alpha value is -1.73. The van der Waals surface area contributed by atoms with Gasteiger partial charge in [-0.1, -0.05) is 23.2 Å². The molecule has 0 unspecified atom stereocenters. The fourth-order valence-electron chi connectivity index (χ4n) is 2.78. The lowest BCUT2D eigenvalue weighted by molar-refractivity contribution is -0.123. The van der Waals surface area contributed by atoms with E-state index < -0.39 is 0 Å². The molecule has 1 aromatic heterocycles. The normalized spacial score (nSPS) is 16.2. The van der Waals surface area contributed by atoms with E-state index in [2.05, 4.69) is 10.2 Å². The van der Waals surface area contributed by atoms with Crippen LogP contribution in [0.15, 0.2) is 41.0 Å². The van der Waals surface area contributed by atoms with Crippen molar-refractivity contribution in [2.45, 2.75) is 6.04 Å². The molecule has 1 aliphatic heterocycles.